The van der Waals surface area contributed by atoms with Crippen LogP contribution in [0.2, 0.25) is 0 Å². The molecule has 1 fully saturated rings. The summed E-state index contributed by atoms with van der Waals surface area (Å²) in [6, 6.07) is 1.38. The van der Waals surface area contributed by atoms with E-state index >= 15 is 0 Å². The normalized spacial score (nSPS) is 28.1. The average Bonchev–Trinajstić information content (AvgIpc) is 2.82. The van der Waals surface area contributed by atoms with Gasteiger partial charge in [0.25, 0.3) is 0 Å². The molecular formula is C16H28N4. The van der Waals surface area contributed by atoms with Gasteiger partial charge in [-0.3, -0.25) is 4.90 Å². The fourth-order valence-corrected chi connectivity index (χ4v) is 3.77. The fourth-order valence-electron chi connectivity index (χ4n) is 3.77. The first kappa shape index (κ1) is 14.1. The van der Waals surface area contributed by atoms with Gasteiger partial charge in [0, 0.05) is 37.6 Å². The molecule has 0 bridgehead atoms. The summed E-state index contributed by atoms with van der Waals surface area (Å²) >= 11 is 0. The summed E-state index contributed by atoms with van der Waals surface area (Å²) in [6.45, 7) is 6.73. The summed E-state index contributed by atoms with van der Waals surface area (Å²) in [5.74, 6) is 1.25. The maximum absolute atomic E-state index is 4.51. The molecule has 112 valence electrons. The number of nitrogens with one attached hydrogen (secondary N) is 1. The molecule has 20 heavy (non-hydrogen) atoms. The molecule has 0 amide bonds. The Morgan fingerprint density at radius 2 is 2.15 bits per heavy atom. The van der Waals surface area contributed by atoms with Gasteiger partial charge in [0.1, 0.15) is 5.82 Å². The predicted octanol–water partition coefficient (Wildman–Crippen LogP) is 2.40. The van der Waals surface area contributed by atoms with Crippen LogP contribution in [-0.2, 0) is 13.1 Å². The number of aromatic nitrogens is 2. The van der Waals surface area contributed by atoms with Gasteiger partial charge in [-0.2, -0.15) is 0 Å². The molecule has 4 heteroatoms. The second-order valence-corrected chi connectivity index (χ2v) is 6.27. The summed E-state index contributed by atoms with van der Waals surface area (Å²) in [5, 5.41) is 3.81. The van der Waals surface area contributed by atoms with Crippen LogP contribution >= 0.6 is 0 Å². The SMILES string of the molecule is CCCNC1CCCCCC1N1CCn2ccnc2C1. The van der Waals surface area contributed by atoms with E-state index in [0.29, 0.717) is 12.1 Å². The Balaban J connectivity index is 1.69. The van der Waals surface area contributed by atoms with E-state index in [1.165, 1.54) is 50.9 Å². The number of hydrogen-bond acceptors (Lipinski definition) is 3. The van der Waals surface area contributed by atoms with E-state index < -0.39 is 0 Å². The largest absolute Gasteiger partial charge is 0.333 e. The van der Waals surface area contributed by atoms with Crippen molar-refractivity contribution in [2.75, 3.05) is 13.1 Å². The third-order valence-corrected chi connectivity index (χ3v) is 4.88. The van der Waals surface area contributed by atoms with Gasteiger partial charge in [-0.25, -0.2) is 4.98 Å². The van der Waals surface area contributed by atoms with Gasteiger partial charge in [0.2, 0.25) is 0 Å². The van der Waals surface area contributed by atoms with Crippen LogP contribution in [0.4, 0.5) is 0 Å². The molecular weight excluding hydrogens is 248 g/mol. The summed E-state index contributed by atoms with van der Waals surface area (Å²) in [4.78, 5) is 7.19. The number of fused-ring (bicyclic) bond motifs is 1. The molecule has 1 saturated carbocycles. The van der Waals surface area contributed by atoms with Gasteiger partial charge in [0.05, 0.1) is 6.54 Å². The minimum Gasteiger partial charge on any atom is -0.333 e. The van der Waals surface area contributed by atoms with Crippen LogP contribution < -0.4 is 5.32 Å². The summed E-state index contributed by atoms with van der Waals surface area (Å²) in [6.07, 6.45) is 12.2. The van der Waals surface area contributed by atoms with Crippen molar-refractivity contribution in [1.29, 1.82) is 0 Å². The lowest BCUT2D eigenvalue weighted by Gasteiger charge is -2.39. The molecule has 0 radical (unpaired) electrons. The van der Waals surface area contributed by atoms with Crippen molar-refractivity contribution in [2.45, 2.75) is 70.6 Å². The van der Waals surface area contributed by atoms with E-state index in [1.807, 2.05) is 6.20 Å². The zero-order valence-corrected chi connectivity index (χ0v) is 12.7. The molecule has 1 aromatic heterocycles. The van der Waals surface area contributed by atoms with Crippen molar-refractivity contribution in [2.24, 2.45) is 0 Å². The molecule has 2 heterocycles. The molecule has 1 N–H and O–H groups in total. The highest BCUT2D eigenvalue weighted by Crippen LogP contribution is 2.25. The maximum Gasteiger partial charge on any atom is 0.122 e. The second-order valence-electron chi connectivity index (χ2n) is 6.27. The Morgan fingerprint density at radius 3 is 3.05 bits per heavy atom. The first-order valence-electron chi connectivity index (χ1n) is 8.36. The van der Waals surface area contributed by atoms with E-state index in [9.17, 15) is 0 Å². The second kappa shape index (κ2) is 6.72. The molecule has 0 aromatic carbocycles. The zero-order valence-electron chi connectivity index (χ0n) is 12.7. The third-order valence-electron chi connectivity index (χ3n) is 4.88. The molecule has 2 unspecified atom stereocenters. The van der Waals surface area contributed by atoms with Crippen LogP contribution in [0.1, 0.15) is 51.3 Å². The highest BCUT2D eigenvalue weighted by atomic mass is 15.3. The van der Waals surface area contributed by atoms with E-state index in [2.05, 4.69) is 32.9 Å². The smallest absolute Gasteiger partial charge is 0.122 e. The molecule has 3 rings (SSSR count). The number of hydrogen-bond donors (Lipinski definition) is 1. The van der Waals surface area contributed by atoms with Gasteiger partial charge in [-0.15, -0.1) is 0 Å². The lowest BCUT2D eigenvalue weighted by atomic mass is 10.00. The molecule has 1 aliphatic carbocycles. The standard InChI is InChI=1S/C16H28N4/c1-2-8-17-14-6-4-3-5-7-15(14)20-12-11-19-10-9-18-16(19)13-20/h9-10,14-15,17H,2-8,11-13H2,1H3. The van der Waals surface area contributed by atoms with Crippen LogP contribution in [0.25, 0.3) is 0 Å². The molecule has 0 spiro atoms. The van der Waals surface area contributed by atoms with Gasteiger partial charge < -0.3 is 9.88 Å². The minimum absolute atomic E-state index is 0.680. The molecule has 1 aliphatic heterocycles. The number of rotatable bonds is 4. The number of nitrogens with zero attached hydrogens (tertiary/aromatic N) is 3. The monoisotopic (exact) mass is 276 g/mol. The maximum atomic E-state index is 4.51. The van der Waals surface area contributed by atoms with E-state index in [0.717, 1.165) is 19.6 Å². The summed E-state index contributed by atoms with van der Waals surface area (Å²) < 4.78 is 2.31. The lowest BCUT2D eigenvalue weighted by Crippen LogP contribution is -2.51. The van der Waals surface area contributed by atoms with Crippen molar-refractivity contribution < 1.29 is 0 Å². The van der Waals surface area contributed by atoms with Crippen LogP contribution in [0.3, 0.4) is 0 Å². The van der Waals surface area contributed by atoms with Crippen LogP contribution in [0.15, 0.2) is 12.4 Å². The van der Waals surface area contributed by atoms with Crippen molar-refractivity contribution >= 4 is 0 Å². The summed E-state index contributed by atoms with van der Waals surface area (Å²) in [7, 11) is 0. The van der Waals surface area contributed by atoms with Gasteiger partial charge >= 0.3 is 0 Å². The van der Waals surface area contributed by atoms with E-state index in [4.69, 9.17) is 0 Å². The molecule has 2 aliphatic rings. The average molecular weight is 276 g/mol. The number of imidazole rings is 1. The van der Waals surface area contributed by atoms with Gasteiger partial charge in [-0.05, 0) is 25.8 Å². The van der Waals surface area contributed by atoms with Gasteiger partial charge in [-0.1, -0.05) is 26.2 Å². The van der Waals surface area contributed by atoms with Crippen LogP contribution in [-0.4, -0.2) is 39.6 Å². The van der Waals surface area contributed by atoms with Crippen LogP contribution in [0.5, 0.6) is 0 Å². The predicted molar refractivity (Wildman–Crippen MR) is 81.6 cm³/mol. The molecule has 1 aromatic rings. The Hall–Kier alpha value is -0.870. The first-order valence-corrected chi connectivity index (χ1v) is 8.36. The van der Waals surface area contributed by atoms with Crippen molar-refractivity contribution in [1.82, 2.24) is 19.8 Å². The topological polar surface area (TPSA) is 33.1 Å². The summed E-state index contributed by atoms with van der Waals surface area (Å²) in [5.41, 5.74) is 0. The van der Waals surface area contributed by atoms with E-state index in [1.54, 1.807) is 0 Å². The highest BCUT2D eigenvalue weighted by molar-refractivity contribution is 4.98. The van der Waals surface area contributed by atoms with Crippen molar-refractivity contribution in [3.8, 4) is 0 Å². The molecule has 2 atom stereocenters. The first-order chi connectivity index (χ1) is 9.88. The quantitative estimate of drug-likeness (QED) is 0.857. The van der Waals surface area contributed by atoms with E-state index in [-0.39, 0.29) is 0 Å². The molecule has 4 nitrogen and oxygen atoms in total. The van der Waals surface area contributed by atoms with Gasteiger partial charge in [0.15, 0.2) is 0 Å². The minimum atomic E-state index is 0.680. The van der Waals surface area contributed by atoms with Crippen molar-refractivity contribution in [3.63, 3.8) is 0 Å². The highest BCUT2D eigenvalue weighted by Gasteiger charge is 2.30. The third kappa shape index (κ3) is 3.07. The lowest BCUT2D eigenvalue weighted by molar-refractivity contribution is 0.114. The molecule has 0 saturated heterocycles. The van der Waals surface area contributed by atoms with Crippen molar-refractivity contribution in [3.05, 3.63) is 18.2 Å². The Bertz CT molecular complexity index is 414. The Morgan fingerprint density at radius 1 is 1.25 bits per heavy atom. The Kier molecular flexibility index (Phi) is 4.73. The zero-order chi connectivity index (χ0) is 13.8. The van der Waals surface area contributed by atoms with Crippen LogP contribution in [0, 0.1) is 0 Å². The Labute approximate surface area is 122 Å². The fraction of sp³-hybridized carbons (Fsp3) is 0.812.